The highest BCUT2D eigenvalue weighted by molar-refractivity contribution is 7.98. The van der Waals surface area contributed by atoms with Crippen molar-refractivity contribution in [1.29, 1.82) is 0 Å². The fraction of sp³-hybridized carbons (Fsp3) is 0.714. The summed E-state index contributed by atoms with van der Waals surface area (Å²) in [5.74, 6) is 3.98. The highest BCUT2D eigenvalue weighted by atomic mass is 32.2. The molecule has 0 radical (unpaired) electrons. The average Bonchev–Trinajstić information content (AvgIpc) is 2.39. The molecule has 1 rings (SSSR count). The molecule has 0 atom stereocenters. The first-order valence-corrected chi connectivity index (χ1v) is 8.40. The van der Waals surface area contributed by atoms with E-state index in [-0.39, 0.29) is 0 Å². The third-order valence-corrected chi connectivity index (χ3v) is 3.62. The van der Waals surface area contributed by atoms with Crippen LogP contribution >= 0.6 is 11.8 Å². The lowest BCUT2D eigenvalue weighted by molar-refractivity contribution is 0.747. The van der Waals surface area contributed by atoms with Gasteiger partial charge in [0.25, 0.3) is 0 Å². The third-order valence-electron chi connectivity index (χ3n) is 2.92. The number of thioether (sulfide) groups is 1. The van der Waals surface area contributed by atoms with Crippen molar-refractivity contribution in [3.05, 3.63) is 11.4 Å². The maximum absolute atomic E-state index is 4.48. The van der Waals surface area contributed by atoms with E-state index in [2.05, 4.69) is 40.7 Å². The van der Waals surface area contributed by atoms with Gasteiger partial charge in [0.1, 0.15) is 17.5 Å². The molecule has 0 bridgehead atoms. The van der Waals surface area contributed by atoms with Crippen LogP contribution in [0.15, 0.2) is 0 Å². The van der Waals surface area contributed by atoms with Gasteiger partial charge >= 0.3 is 0 Å². The number of aryl methyl sites for hydroxylation is 1. The van der Waals surface area contributed by atoms with Crippen molar-refractivity contribution in [2.24, 2.45) is 0 Å². The van der Waals surface area contributed by atoms with E-state index < -0.39 is 0 Å². The Balaban J connectivity index is 2.48. The molecule has 0 aliphatic rings. The number of hydrogen-bond donors (Lipinski definition) is 2. The van der Waals surface area contributed by atoms with Crippen molar-refractivity contribution < 1.29 is 0 Å². The van der Waals surface area contributed by atoms with E-state index in [1.165, 1.54) is 25.0 Å². The van der Waals surface area contributed by atoms with E-state index in [1.807, 2.05) is 18.7 Å². The van der Waals surface area contributed by atoms with Crippen molar-refractivity contribution in [2.75, 3.05) is 35.7 Å². The predicted molar refractivity (Wildman–Crippen MR) is 86.4 cm³/mol. The largest absolute Gasteiger partial charge is 0.370 e. The molecule has 1 heterocycles. The number of anilines is 2. The Labute approximate surface area is 121 Å². The summed E-state index contributed by atoms with van der Waals surface area (Å²) in [5.41, 5.74) is 1.11. The van der Waals surface area contributed by atoms with E-state index in [9.17, 15) is 0 Å². The Bertz CT molecular complexity index is 382. The van der Waals surface area contributed by atoms with Crippen LogP contribution in [0.3, 0.4) is 0 Å². The lowest BCUT2D eigenvalue weighted by atomic mass is 10.2. The van der Waals surface area contributed by atoms with Gasteiger partial charge in [-0.05, 0) is 45.6 Å². The molecule has 0 unspecified atom stereocenters. The first kappa shape index (κ1) is 16.1. The van der Waals surface area contributed by atoms with Gasteiger partial charge in [-0.15, -0.1) is 0 Å². The number of unbranched alkanes of at least 4 members (excludes halogenated alkanes) is 2. The van der Waals surface area contributed by atoms with Gasteiger partial charge in [0.15, 0.2) is 0 Å². The highest BCUT2D eigenvalue weighted by Gasteiger charge is 2.07. The van der Waals surface area contributed by atoms with Crippen LogP contribution in [0.5, 0.6) is 0 Å². The zero-order valence-electron chi connectivity index (χ0n) is 12.5. The molecule has 4 nitrogen and oxygen atoms in total. The van der Waals surface area contributed by atoms with Crippen LogP contribution in [0.25, 0.3) is 0 Å². The van der Waals surface area contributed by atoms with Crippen LogP contribution < -0.4 is 10.6 Å². The summed E-state index contributed by atoms with van der Waals surface area (Å²) < 4.78 is 0. The second kappa shape index (κ2) is 9.02. The Morgan fingerprint density at radius 3 is 2.32 bits per heavy atom. The summed E-state index contributed by atoms with van der Waals surface area (Å²) in [6, 6.07) is 0. The van der Waals surface area contributed by atoms with Crippen LogP contribution in [0, 0.1) is 13.8 Å². The molecule has 1 aromatic heterocycles. The minimum absolute atomic E-state index is 0.812. The molecule has 1 aromatic rings. The number of rotatable bonds is 9. The van der Waals surface area contributed by atoms with Gasteiger partial charge in [0, 0.05) is 18.7 Å². The molecule has 0 spiro atoms. The lowest BCUT2D eigenvalue weighted by Gasteiger charge is -2.13. The first-order chi connectivity index (χ1) is 9.19. The standard InChI is InChI=1S/C14H26N4S/c1-5-15-13-11(2)14(18-12(3)17-13)16-9-7-6-8-10-19-4/h5-10H2,1-4H3,(H2,15,16,17,18). The fourth-order valence-electron chi connectivity index (χ4n) is 1.90. The molecule has 19 heavy (non-hydrogen) atoms. The smallest absolute Gasteiger partial charge is 0.134 e. The number of hydrogen-bond acceptors (Lipinski definition) is 5. The maximum Gasteiger partial charge on any atom is 0.134 e. The van der Waals surface area contributed by atoms with Crippen molar-refractivity contribution in [2.45, 2.75) is 40.0 Å². The van der Waals surface area contributed by atoms with Gasteiger partial charge in [0.05, 0.1) is 0 Å². The van der Waals surface area contributed by atoms with Crippen LogP contribution in [0.1, 0.15) is 37.6 Å². The normalized spacial score (nSPS) is 10.5. The molecule has 5 heteroatoms. The Morgan fingerprint density at radius 1 is 1.00 bits per heavy atom. The summed E-state index contributed by atoms with van der Waals surface area (Å²) in [6.45, 7) is 7.94. The molecule has 0 aliphatic heterocycles. The van der Waals surface area contributed by atoms with Crippen molar-refractivity contribution in [3.63, 3.8) is 0 Å². The topological polar surface area (TPSA) is 49.8 Å². The van der Waals surface area contributed by atoms with Crippen molar-refractivity contribution in [1.82, 2.24) is 9.97 Å². The van der Waals surface area contributed by atoms with E-state index >= 15 is 0 Å². The summed E-state index contributed by atoms with van der Waals surface area (Å²) in [4.78, 5) is 8.91. The minimum atomic E-state index is 0.812. The SMILES string of the molecule is CCNc1nc(C)nc(NCCCCCSC)c1C. The van der Waals surface area contributed by atoms with Crippen molar-refractivity contribution in [3.8, 4) is 0 Å². The molecule has 2 N–H and O–H groups in total. The monoisotopic (exact) mass is 282 g/mol. The molecule has 0 fully saturated rings. The second-order valence-corrected chi connectivity index (χ2v) is 5.59. The van der Waals surface area contributed by atoms with Gasteiger partial charge in [0.2, 0.25) is 0 Å². The summed E-state index contributed by atoms with van der Waals surface area (Å²) in [5, 5.41) is 6.71. The van der Waals surface area contributed by atoms with Crippen LogP contribution in [-0.2, 0) is 0 Å². The minimum Gasteiger partial charge on any atom is -0.370 e. The maximum atomic E-state index is 4.48. The Kier molecular flexibility index (Phi) is 7.63. The highest BCUT2D eigenvalue weighted by Crippen LogP contribution is 2.19. The number of aromatic nitrogens is 2. The first-order valence-electron chi connectivity index (χ1n) is 7.01. The van der Waals surface area contributed by atoms with E-state index in [0.717, 1.165) is 36.1 Å². The van der Waals surface area contributed by atoms with Gasteiger partial charge in [-0.25, -0.2) is 9.97 Å². The quantitative estimate of drug-likeness (QED) is 0.679. The van der Waals surface area contributed by atoms with Crippen LogP contribution in [0.4, 0.5) is 11.6 Å². The third kappa shape index (κ3) is 5.68. The Hall–Kier alpha value is -0.970. The summed E-state index contributed by atoms with van der Waals surface area (Å²) in [7, 11) is 0. The van der Waals surface area contributed by atoms with Gasteiger partial charge in [-0.1, -0.05) is 6.42 Å². The summed E-state index contributed by atoms with van der Waals surface area (Å²) >= 11 is 1.92. The molecule has 0 aliphatic carbocycles. The van der Waals surface area contributed by atoms with E-state index in [1.54, 1.807) is 0 Å². The summed E-state index contributed by atoms with van der Waals surface area (Å²) in [6.07, 6.45) is 5.93. The predicted octanol–water partition coefficient (Wildman–Crippen LogP) is 3.47. The molecule has 108 valence electrons. The zero-order valence-corrected chi connectivity index (χ0v) is 13.4. The second-order valence-electron chi connectivity index (χ2n) is 4.60. The van der Waals surface area contributed by atoms with Gasteiger partial charge in [-0.2, -0.15) is 11.8 Å². The molecular formula is C14H26N4S. The zero-order chi connectivity index (χ0) is 14.1. The molecular weight excluding hydrogens is 256 g/mol. The lowest BCUT2D eigenvalue weighted by Crippen LogP contribution is -2.10. The molecule has 0 aromatic carbocycles. The number of nitrogens with one attached hydrogen (secondary N) is 2. The van der Waals surface area contributed by atoms with Gasteiger partial charge in [-0.3, -0.25) is 0 Å². The Morgan fingerprint density at radius 2 is 1.68 bits per heavy atom. The number of nitrogens with zero attached hydrogens (tertiary/aromatic N) is 2. The molecule has 0 saturated carbocycles. The molecule has 0 saturated heterocycles. The van der Waals surface area contributed by atoms with Gasteiger partial charge < -0.3 is 10.6 Å². The van der Waals surface area contributed by atoms with Crippen LogP contribution in [0.2, 0.25) is 0 Å². The van der Waals surface area contributed by atoms with Crippen LogP contribution in [-0.4, -0.2) is 35.1 Å². The fourth-order valence-corrected chi connectivity index (χ4v) is 2.39. The van der Waals surface area contributed by atoms with E-state index in [0.29, 0.717) is 0 Å². The van der Waals surface area contributed by atoms with Crippen molar-refractivity contribution >= 4 is 23.4 Å². The van der Waals surface area contributed by atoms with E-state index in [4.69, 9.17) is 0 Å². The molecule has 0 amide bonds. The average molecular weight is 282 g/mol.